The fourth-order valence-corrected chi connectivity index (χ4v) is 2.64. The van der Waals surface area contributed by atoms with E-state index < -0.39 is 0 Å². The van der Waals surface area contributed by atoms with Crippen LogP contribution < -0.4 is 0 Å². The van der Waals surface area contributed by atoms with E-state index in [-0.39, 0.29) is 6.10 Å². The lowest BCUT2D eigenvalue weighted by molar-refractivity contribution is 0.179. The second-order valence-corrected chi connectivity index (χ2v) is 4.60. The minimum Gasteiger partial charge on any atom is -0.501 e. The molecule has 2 atom stereocenters. The maximum atomic E-state index is 9.53. The van der Waals surface area contributed by atoms with Gasteiger partial charge in [0.15, 0.2) is 0 Å². The second-order valence-electron chi connectivity index (χ2n) is 4.60. The number of hydrogen-bond donors (Lipinski definition) is 1. The third kappa shape index (κ3) is 4.19. The van der Waals surface area contributed by atoms with Gasteiger partial charge < -0.3 is 9.84 Å². The van der Waals surface area contributed by atoms with Crippen LogP contribution in [0, 0.1) is 5.92 Å². The molecule has 0 aromatic carbocycles. The first-order chi connectivity index (χ1) is 8.29. The van der Waals surface area contributed by atoms with Gasteiger partial charge in [0.2, 0.25) is 0 Å². The average molecular weight is 238 g/mol. The SMILES string of the molecule is CC.COC1=CC=C(C2CCC(O)C2)CCC1. The van der Waals surface area contributed by atoms with Gasteiger partial charge >= 0.3 is 0 Å². The minimum atomic E-state index is -0.0648. The highest BCUT2D eigenvalue weighted by Gasteiger charge is 2.25. The van der Waals surface area contributed by atoms with Gasteiger partial charge in [0, 0.05) is 6.42 Å². The van der Waals surface area contributed by atoms with Crippen LogP contribution in [0.5, 0.6) is 0 Å². The Morgan fingerprint density at radius 2 is 1.94 bits per heavy atom. The maximum absolute atomic E-state index is 9.53. The molecule has 1 saturated carbocycles. The van der Waals surface area contributed by atoms with E-state index in [1.807, 2.05) is 13.8 Å². The molecule has 98 valence electrons. The van der Waals surface area contributed by atoms with Crippen molar-refractivity contribution in [2.75, 3.05) is 7.11 Å². The van der Waals surface area contributed by atoms with Crippen molar-refractivity contribution >= 4 is 0 Å². The predicted octanol–water partition coefficient (Wildman–Crippen LogP) is 3.81. The molecule has 2 rings (SSSR count). The zero-order valence-electron chi connectivity index (χ0n) is 11.4. The number of ether oxygens (including phenoxy) is 1. The molecule has 2 aliphatic rings. The standard InChI is InChI=1S/C13H20O2.C2H6/c1-15-13-4-2-3-10(6-8-13)11-5-7-12(14)9-11;1-2/h6,8,11-12,14H,2-5,7,9H2,1H3;1-2H3. The van der Waals surface area contributed by atoms with Crippen molar-refractivity contribution in [2.24, 2.45) is 5.92 Å². The van der Waals surface area contributed by atoms with Crippen molar-refractivity contribution in [3.05, 3.63) is 23.5 Å². The van der Waals surface area contributed by atoms with Crippen molar-refractivity contribution in [1.82, 2.24) is 0 Å². The molecule has 2 heteroatoms. The third-order valence-electron chi connectivity index (χ3n) is 3.56. The van der Waals surface area contributed by atoms with E-state index in [2.05, 4.69) is 12.2 Å². The first-order valence-electron chi connectivity index (χ1n) is 6.91. The van der Waals surface area contributed by atoms with Crippen LogP contribution in [0.2, 0.25) is 0 Å². The Labute approximate surface area is 105 Å². The number of rotatable bonds is 2. The monoisotopic (exact) mass is 238 g/mol. The summed E-state index contributed by atoms with van der Waals surface area (Å²) in [6, 6.07) is 0. The van der Waals surface area contributed by atoms with Crippen LogP contribution in [0.25, 0.3) is 0 Å². The van der Waals surface area contributed by atoms with Crippen molar-refractivity contribution in [3.63, 3.8) is 0 Å². The van der Waals surface area contributed by atoms with Crippen LogP contribution in [0.1, 0.15) is 52.4 Å². The van der Waals surface area contributed by atoms with Gasteiger partial charge in [0.05, 0.1) is 19.0 Å². The Bertz CT molecular complexity index is 279. The van der Waals surface area contributed by atoms with Gasteiger partial charge in [0.25, 0.3) is 0 Å². The van der Waals surface area contributed by atoms with E-state index in [4.69, 9.17) is 4.74 Å². The van der Waals surface area contributed by atoms with E-state index >= 15 is 0 Å². The van der Waals surface area contributed by atoms with Crippen molar-refractivity contribution in [3.8, 4) is 0 Å². The van der Waals surface area contributed by atoms with E-state index in [1.54, 1.807) is 7.11 Å². The Kier molecular flexibility index (Phi) is 6.35. The van der Waals surface area contributed by atoms with Crippen LogP contribution in [-0.2, 0) is 4.74 Å². The van der Waals surface area contributed by atoms with E-state index in [0.717, 1.165) is 31.4 Å². The average Bonchev–Trinajstić information content (AvgIpc) is 2.67. The number of aliphatic hydroxyl groups is 1. The van der Waals surface area contributed by atoms with Gasteiger partial charge in [-0.2, -0.15) is 0 Å². The molecule has 0 heterocycles. The molecule has 0 aliphatic heterocycles. The molecule has 0 saturated heterocycles. The van der Waals surface area contributed by atoms with Crippen LogP contribution in [0.3, 0.4) is 0 Å². The third-order valence-corrected chi connectivity index (χ3v) is 3.56. The maximum Gasteiger partial charge on any atom is 0.0955 e. The summed E-state index contributed by atoms with van der Waals surface area (Å²) >= 11 is 0. The van der Waals surface area contributed by atoms with Gasteiger partial charge in [-0.15, -0.1) is 0 Å². The molecule has 1 fully saturated rings. The van der Waals surface area contributed by atoms with E-state index in [0.29, 0.717) is 5.92 Å². The summed E-state index contributed by atoms with van der Waals surface area (Å²) in [6.45, 7) is 4.00. The molecule has 0 aromatic heterocycles. The Balaban J connectivity index is 0.000000686. The summed E-state index contributed by atoms with van der Waals surface area (Å²) in [5.41, 5.74) is 1.51. The highest BCUT2D eigenvalue weighted by atomic mass is 16.5. The fraction of sp³-hybridized carbons (Fsp3) is 0.733. The number of allylic oxidation sites excluding steroid dienone is 4. The Morgan fingerprint density at radius 3 is 2.53 bits per heavy atom. The molecular weight excluding hydrogens is 212 g/mol. The van der Waals surface area contributed by atoms with E-state index in [9.17, 15) is 5.11 Å². The largest absolute Gasteiger partial charge is 0.501 e. The van der Waals surface area contributed by atoms with Crippen LogP contribution in [-0.4, -0.2) is 18.3 Å². The second kappa shape index (κ2) is 7.54. The molecule has 0 spiro atoms. The Hall–Kier alpha value is -0.760. The lowest BCUT2D eigenvalue weighted by Gasteiger charge is -2.12. The Morgan fingerprint density at radius 1 is 1.18 bits per heavy atom. The van der Waals surface area contributed by atoms with Crippen molar-refractivity contribution in [1.29, 1.82) is 0 Å². The van der Waals surface area contributed by atoms with Gasteiger partial charge in [-0.3, -0.25) is 0 Å². The summed E-state index contributed by atoms with van der Waals surface area (Å²) < 4.78 is 5.27. The number of aliphatic hydroxyl groups excluding tert-OH is 1. The molecule has 0 bridgehead atoms. The highest BCUT2D eigenvalue weighted by Crippen LogP contribution is 2.35. The number of hydrogen-bond acceptors (Lipinski definition) is 2. The predicted molar refractivity (Wildman–Crippen MR) is 71.7 cm³/mol. The quantitative estimate of drug-likeness (QED) is 0.792. The molecule has 2 nitrogen and oxygen atoms in total. The molecule has 0 aromatic rings. The van der Waals surface area contributed by atoms with Crippen molar-refractivity contribution in [2.45, 2.75) is 58.5 Å². The van der Waals surface area contributed by atoms with Gasteiger partial charge in [0.1, 0.15) is 0 Å². The lowest BCUT2D eigenvalue weighted by atomic mass is 9.93. The van der Waals surface area contributed by atoms with Crippen LogP contribution in [0.4, 0.5) is 0 Å². The molecule has 2 aliphatic carbocycles. The zero-order chi connectivity index (χ0) is 12.7. The smallest absolute Gasteiger partial charge is 0.0955 e. The normalized spacial score (nSPS) is 28.5. The van der Waals surface area contributed by atoms with Crippen LogP contribution in [0.15, 0.2) is 23.5 Å². The van der Waals surface area contributed by atoms with Crippen LogP contribution >= 0.6 is 0 Å². The topological polar surface area (TPSA) is 29.5 Å². The zero-order valence-corrected chi connectivity index (χ0v) is 11.4. The molecule has 0 radical (unpaired) electrons. The first-order valence-corrected chi connectivity index (χ1v) is 6.91. The van der Waals surface area contributed by atoms with Gasteiger partial charge in [-0.05, 0) is 44.1 Å². The lowest BCUT2D eigenvalue weighted by Crippen LogP contribution is -2.02. The summed E-state index contributed by atoms with van der Waals surface area (Å²) in [7, 11) is 1.74. The van der Waals surface area contributed by atoms with Gasteiger partial charge in [-0.1, -0.05) is 25.5 Å². The summed E-state index contributed by atoms with van der Waals surface area (Å²) in [5.74, 6) is 1.70. The molecule has 0 amide bonds. The molecule has 2 unspecified atom stereocenters. The molecular formula is C15H26O2. The summed E-state index contributed by atoms with van der Waals surface area (Å²) in [4.78, 5) is 0. The van der Waals surface area contributed by atoms with Gasteiger partial charge in [-0.25, -0.2) is 0 Å². The minimum absolute atomic E-state index is 0.0648. The highest BCUT2D eigenvalue weighted by molar-refractivity contribution is 5.21. The summed E-state index contributed by atoms with van der Waals surface area (Å²) in [5, 5.41) is 9.53. The fourth-order valence-electron chi connectivity index (χ4n) is 2.64. The first kappa shape index (κ1) is 14.3. The molecule has 17 heavy (non-hydrogen) atoms. The summed E-state index contributed by atoms with van der Waals surface area (Å²) in [6.07, 6.45) is 10.7. The van der Waals surface area contributed by atoms with Crippen molar-refractivity contribution < 1.29 is 9.84 Å². The number of methoxy groups -OCH3 is 1. The van der Waals surface area contributed by atoms with E-state index in [1.165, 1.54) is 18.4 Å². The molecule has 1 N–H and O–H groups in total.